The number of rotatable bonds is 11. The summed E-state index contributed by atoms with van der Waals surface area (Å²) < 4.78 is 11.4. The second kappa shape index (κ2) is 15.6. The van der Waals surface area contributed by atoms with Crippen molar-refractivity contribution in [1.29, 1.82) is 0 Å². The molecule has 1 aliphatic heterocycles. The highest BCUT2D eigenvalue weighted by Crippen LogP contribution is 2.28. The first-order chi connectivity index (χ1) is 20.2. The summed E-state index contributed by atoms with van der Waals surface area (Å²) in [4.78, 5) is 41.0. The predicted molar refractivity (Wildman–Crippen MR) is 170 cm³/mol. The van der Waals surface area contributed by atoms with Crippen LogP contribution in [0.3, 0.4) is 0 Å². The van der Waals surface area contributed by atoms with Crippen LogP contribution in [0.15, 0.2) is 54.6 Å². The molecule has 0 spiro atoms. The van der Waals surface area contributed by atoms with Crippen LogP contribution in [0.4, 0.5) is 4.79 Å². The smallest absolute Gasteiger partial charge is 0.411 e. The molecular weight excluding hydrogens is 571 g/mol. The van der Waals surface area contributed by atoms with Crippen LogP contribution in [0, 0.1) is 5.92 Å². The Kier molecular flexibility index (Phi) is 11.9. The third-order valence-electron chi connectivity index (χ3n) is 7.18. The molecule has 1 heterocycles. The monoisotopic (exact) mass is 613 g/mol. The van der Waals surface area contributed by atoms with Crippen molar-refractivity contribution in [3.8, 4) is 11.5 Å². The number of nitrogens with one attached hydrogen (secondary N) is 2. The Morgan fingerprint density at radius 2 is 1.69 bits per heavy atom. The van der Waals surface area contributed by atoms with Crippen molar-refractivity contribution in [1.82, 2.24) is 15.5 Å². The third-order valence-corrected chi connectivity index (χ3v) is 9.47. The van der Waals surface area contributed by atoms with E-state index < -0.39 is 23.8 Å². The number of para-hydroxylation sites is 1. The van der Waals surface area contributed by atoms with Gasteiger partial charge in [0.1, 0.15) is 29.2 Å². The zero-order chi connectivity index (χ0) is 30.0. The standard InChI is InChI=1S/C32H43N3O5S2/c1-32(2,3)40-31(38)35-22-42-21-28(35)30(37)34-27(20-41-19-24-10-6-4-7-11-24)29(36)33-18-23-14-16-26(17-15-23)39-25-12-8-5-9-13-25/h5,8-9,12-17,24,27-28H,4,6-7,10-11,18-22H2,1-3H3,(H,33,36)(H,34,37)/t27-,28+/m0/s1. The van der Waals surface area contributed by atoms with E-state index >= 15 is 0 Å². The fraction of sp³-hybridized carbons (Fsp3) is 0.531. The van der Waals surface area contributed by atoms with Crippen LogP contribution >= 0.6 is 23.5 Å². The summed E-state index contributed by atoms with van der Waals surface area (Å²) in [5, 5.41) is 5.96. The van der Waals surface area contributed by atoms with E-state index in [9.17, 15) is 14.4 Å². The van der Waals surface area contributed by atoms with Gasteiger partial charge in [-0.1, -0.05) is 49.6 Å². The van der Waals surface area contributed by atoms with Crippen molar-refractivity contribution in [3.05, 3.63) is 60.2 Å². The summed E-state index contributed by atoms with van der Waals surface area (Å²) in [7, 11) is 0. The van der Waals surface area contributed by atoms with Crippen molar-refractivity contribution >= 4 is 41.4 Å². The summed E-state index contributed by atoms with van der Waals surface area (Å²) in [6.07, 6.45) is 5.77. The number of carbonyl (C=O) groups excluding carboxylic acids is 3. The zero-order valence-corrected chi connectivity index (χ0v) is 26.4. The highest BCUT2D eigenvalue weighted by molar-refractivity contribution is 7.99. The fourth-order valence-corrected chi connectivity index (χ4v) is 7.35. The molecule has 0 aromatic heterocycles. The summed E-state index contributed by atoms with van der Waals surface area (Å²) >= 11 is 3.22. The molecule has 2 aromatic carbocycles. The molecule has 4 rings (SSSR count). The Bertz CT molecular complexity index is 1170. The molecule has 2 fully saturated rings. The summed E-state index contributed by atoms with van der Waals surface area (Å²) in [5.41, 5.74) is 0.266. The number of benzene rings is 2. The Labute approximate surface area is 258 Å². The van der Waals surface area contributed by atoms with E-state index in [0.29, 0.717) is 35.6 Å². The van der Waals surface area contributed by atoms with Crippen LogP contribution in [-0.4, -0.2) is 63.6 Å². The molecule has 2 aliphatic rings. The van der Waals surface area contributed by atoms with Gasteiger partial charge in [0.2, 0.25) is 11.8 Å². The molecule has 0 unspecified atom stereocenters. The van der Waals surface area contributed by atoms with Crippen molar-refractivity contribution < 1.29 is 23.9 Å². The number of nitrogens with zero attached hydrogens (tertiary/aromatic N) is 1. The average Bonchev–Trinajstić information content (AvgIpc) is 3.47. The maximum atomic E-state index is 13.4. The number of amides is 3. The quantitative estimate of drug-likeness (QED) is 0.311. The molecule has 3 amide bonds. The van der Waals surface area contributed by atoms with Gasteiger partial charge >= 0.3 is 6.09 Å². The largest absolute Gasteiger partial charge is 0.457 e. The predicted octanol–water partition coefficient (Wildman–Crippen LogP) is 6.20. The zero-order valence-electron chi connectivity index (χ0n) is 24.8. The van der Waals surface area contributed by atoms with Crippen LogP contribution < -0.4 is 15.4 Å². The second-order valence-electron chi connectivity index (χ2n) is 11.8. The Balaban J connectivity index is 1.35. The van der Waals surface area contributed by atoms with Crippen LogP contribution in [0.5, 0.6) is 11.5 Å². The molecule has 8 nitrogen and oxygen atoms in total. The molecule has 1 saturated heterocycles. The number of ether oxygens (including phenoxy) is 2. The molecular formula is C32H43N3O5S2. The Morgan fingerprint density at radius 3 is 2.38 bits per heavy atom. The van der Waals surface area contributed by atoms with E-state index in [1.54, 1.807) is 32.5 Å². The summed E-state index contributed by atoms with van der Waals surface area (Å²) in [5.74, 6) is 3.86. The lowest BCUT2D eigenvalue weighted by molar-refractivity contribution is -0.130. The minimum atomic E-state index is -0.710. The molecule has 1 aliphatic carbocycles. The molecule has 2 N–H and O–H groups in total. The van der Waals surface area contributed by atoms with Gasteiger partial charge in [-0.25, -0.2) is 4.79 Å². The maximum absolute atomic E-state index is 13.4. The van der Waals surface area contributed by atoms with Crippen molar-refractivity contribution in [2.24, 2.45) is 5.92 Å². The van der Waals surface area contributed by atoms with Gasteiger partial charge in [0, 0.05) is 18.1 Å². The third kappa shape index (κ3) is 10.2. The van der Waals surface area contributed by atoms with Gasteiger partial charge in [-0.3, -0.25) is 14.5 Å². The van der Waals surface area contributed by atoms with Crippen molar-refractivity contribution in [2.45, 2.75) is 77.1 Å². The van der Waals surface area contributed by atoms with E-state index in [0.717, 1.165) is 17.1 Å². The molecule has 2 aromatic rings. The summed E-state index contributed by atoms with van der Waals surface area (Å²) in [6.45, 7) is 5.73. The van der Waals surface area contributed by atoms with Gasteiger partial charge in [0.15, 0.2) is 0 Å². The number of thioether (sulfide) groups is 2. The van der Waals surface area contributed by atoms with Crippen LogP contribution in [0.1, 0.15) is 58.4 Å². The molecule has 1 saturated carbocycles. The number of carbonyl (C=O) groups is 3. The normalized spacial score (nSPS) is 18.3. The fourth-order valence-electron chi connectivity index (χ4n) is 4.93. The van der Waals surface area contributed by atoms with Crippen LogP contribution in [0.2, 0.25) is 0 Å². The minimum Gasteiger partial charge on any atom is -0.457 e. The summed E-state index contributed by atoms with van der Waals surface area (Å²) in [6, 6.07) is 15.7. The van der Waals surface area contributed by atoms with Gasteiger partial charge in [0.25, 0.3) is 0 Å². The van der Waals surface area contributed by atoms with E-state index in [-0.39, 0.29) is 11.8 Å². The highest BCUT2D eigenvalue weighted by atomic mass is 32.2. The second-order valence-corrected chi connectivity index (χ2v) is 13.9. The number of hydrogen-bond donors (Lipinski definition) is 2. The first-order valence-corrected chi connectivity index (χ1v) is 17.0. The lowest BCUT2D eigenvalue weighted by atomic mass is 9.91. The average molecular weight is 614 g/mol. The molecule has 42 heavy (non-hydrogen) atoms. The van der Waals surface area contributed by atoms with Crippen molar-refractivity contribution in [3.63, 3.8) is 0 Å². The van der Waals surface area contributed by atoms with Crippen LogP contribution in [-0.2, 0) is 20.9 Å². The van der Waals surface area contributed by atoms with E-state index in [2.05, 4.69) is 10.6 Å². The van der Waals surface area contributed by atoms with E-state index in [1.807, 2.05) is 54.6 Å². The maximum Gasteiger partial charge on any atom is 0.411 e. The SMILES string of the molecule is CC(C)(C)OC(=O)N1CSC[C@@H]1C(=O)N[C@@H](CSCC1CCCCC1)C(=O)NCc1ccc(Oc2ccccc2)cc1. The van der Waals surface area contributed by atoms with Gasteiger partial charge in [-0.05, 0) is 75.1 Å². The molecule has 2 atom stereocenters. The topological polar surface area (TPSA) is 97.0 Å². The molecule has 228 valence electrons. The van der Waals surface area contributed by atoms with Crippen molar-refractivity contribution in [2.75, 3.05) is 23.1 Å². The van der Waals surface area contributed by atoms with Gasteiger partial charge in [0.05, 0.1) is 5.88 Å². The van der Waals surface area contributed by atoms with E-state index in [4.69, 9.17) is 9.47 Å². The highest BCUT2D eigenvalue weighted by Gasteiger charge is 2.38. The first kappa shape index (κ1) is 32.1. The molecule has 0 bridgehead atoms. The number of hydrogen-bond acceptors (Lipinski definition) is 7. The van der Waals surface area contributed by atoms with E-state index in [1.165, 1.54) is 48.8 Å². The lowest BCUT2D eigenvalue weighted by Gasteiger charge is -2.28. The minimum absolute atomic E-state index is 0.237. The van der Waals surface area contributed by atoms with Gasteiger partial charge in [-0.2, -0.15) is 11.8 Å². The Morgan fingerprint density at radius 1 is 1.00 bits per heavy atom. The first-order valence-electron chi connectivity index (χ1n) is 14.7. The van der Waals surface area contributed by atoms with Gasteiger partial charge < -0.3 is 20.1 Å². The van der Waals surface area contributed by atoms with Gasteiger partial charge in [-0.15, -0.1) is 11.8 Å². The Hall–Kier alpha value is -2.85. The van der Waals surface area contributed by atoms with Crippen LogP contribution in [0.25, 0.3) is 0 Å². The molecule has 0 radical (unpaired) electrons. The lowest BCUT2D eigenvalue weighted by Crippen LogP contribution is -2.55. The molecule has 10 heteroatoms.